The molecule has 2 rings (SSSR count). The van der Waals surface area contributed by atoms with Crippen molar-refractivity contribution < 1.29 is 10.2 Å². The highest BCUT2D eigenvalue weighted by molar-refractivity contribution is 5.84. The zero-order valence-corrected chi connectivity index (χ0v) is 11.8. The lowest BCUT2D eigenvalue weighted by Crippen LogP contribution is -1.93. The smallest absolute Gasteiger partial charge is 0.142 e. The van der Waals surface area contributed by atoms with E-state index in [9.17, 15) is 5.11 Å². The zero-order valence-electron chi connectivity index (χ0n) is 11.8. The summed E-state index contributed by atoms with van der Waals surface area (Å²) < 4.78 is 2.13. The fourth-order valence-electron chi connectivity index (χ4n) is 2.33. The predicted octanol–water partition coefficient (Wildman–Crippen LogP) is 2.86. The molecule has 1 aromatic carbocycles. The summed E-state index contributed by atoms with van der Waals surface area (Å²) in [7, 11) is 0. The molecule has 0 bridgehead atoms. The molecular formula is C17H21NO2. The Morgan fingerprint density at radius 1 is 1.25 bits per heavy atom. The van der Waals surface area contributed by atoms with Crippen LogP contribution in [0.3, 0.4) is 0 Å². The van der Waals surface area contributed by atoms with Gasteiger partial charge in [-0.2, -0.15) is 0 Å². The van der Waals surface area contributed by atoms with Gasteiger partial charge < -0.3 is 14.8 Å². The molecule has 0 amide bonds. The minimum atomic E-state index is -0.748. The molecule has 0 radical (unpaired) electrons. The highest BCUT2D eigenvalue weighted by Gasteiger charge is 2.12. The van der Waals surface area contributed by atoms with Gasteiger partial charge in [0.15, 0.2) is 0 Å². The lowest BCUT2D eigenvalue weighted by atomic mass is 10.1. The number of aromatic nitrogens is 1. The topological polar surface area (TPSA) is 45.4 Å². The van der Waals surface area contributed by atoms with Crippen molar-refractivity contribution in [1.82, 2.24) is 4.57 Å². The number of rotatable bonds is 5. The number of fused-ring (bicyclic) bond motifs is 1. The summed E-state index contributed by atoms with van der Waals surface area (Å²) in [6.45, 7) is 3.16. The quantitative estimate of drug-likeness (QED) is 0.649. The normalized spacial score (nSPS) is 12.2. The van der Waals surface area contributed by atoms with Crippen molar-refractivity contribution in [1.29, 1.82) is 0 Å². The third-order valence-electron chi connectivity index (χ3n) is 3.40. The Balaban J connectivity index is 2.19. The second kappa shape index (κ2) is 7.14. The minimum Gasteiger partial charge on any atom is -0.396 e. The monoisotopic (exact) mass is 271 g/mol. The zero-order chi connectivity index (χ0) is 14.4. The maximum absolute atomic E-state index is 10.2. The molecule has 20 heavy (non-hydrogen) atoms. The molecule has 0 aliphatic carbocycles. The van der Waals surface area contributed by atoms with Crippen LogP contribution in [-0.2, 0) is 6.54 Å². The lowest BCUT2D eigenvalue weighted by Gasteiger charge is -2.00. The minimum absolute atomic E-state index is 0.203. The lowest BCUT2D eigenvalue weighted by molar-refractivity contribution is 0.239. The predicted molar refractivity (Wildman–Crippen MR) is 81.3 cm³/mol. The molecule has 1 aromatic heterocycles. The van der Waals surface area contributed by atoms with Crippen molar-refractivity contribution in [2.45, 2.75) is 38.8 Å². The summed E-state index contributed by atoms with van der Waals surface area (Å²) in [4.78, 5) is 0. The second-order valence-corrected chi connectivity index (χ2v) is 4.79. The van der Waals surface area contributed by atoms with Crippen LogP contribution in [0.4, 0.5) is 0 Å². The van der Waals surface area contributed by atoms with Crippen molar-refractivity contribution in [3.8, 4) is 11.8 Å². The van der Waals surface area contributed by atoms with Crippen molar-refractivity contribution in [3.05, 3.63) is 36.0 Å². The Labute approximate surface area is 119 Å². The fourth-order valence-corrected chi connectivity index (χ4v) is 2.33. The van der Waals surface area contributed by atoms with Crippen molar-refractivity contribution >= 4 is 10.9 Å². The van der Waals surface area contributed by atoms with Gasteiger partial charge in [-0.05, 0) is 25.8 Å². The van der Waals surface area contributed by atoms with E-state index in [4.69, 9.17) is 5.11 Å². The van der Waals surface area contributed by atoms with Gasteiger partial charge in [-0.15, -0.1) is 5.92 Å². The molecule has 1 heterocycles. The number of aryl methyl sites for hydroxylation is 1. The Hall–Kier alpha value is -1.76. The van der Waals surface area contributed by atoms with Crippen LogP contribution in [-0.4, -0.2) is 21.4 Å². The SMILES string of the molecule is CCn1cc(C(O)C#CCCCCO)c2ccccc21. The van der Waals surface area contributed by atoms with Gasteiger partial charge in [-0.3, -0.25) is 0 Å². The molecular weight excluding hydrogens is 250 g/mol. The summed E-state index contributed by atoms with van der Waals surface area (Å²) in [5, 5.41) is 20.0. The summed E-state index contributed by atoms with van der Waals surface area (Å²) in [6, 6.07) is 8.07. The molecule has 0 spiro atoms. The van der Waals surface area contributed by atoms with Gasteiger partial charge in [-0.1, -0.05) is 24.1 Å². The molecule has 1 unspecified atom stereocenters. The van der Waals surface area contributed by atoms with Gasteiger partial charge in [0.1, 0.15) is 6.10 Å². The largest absolute Gasteiger partial charge is 0.396 e. The average molecular weight is 271 g/mol. The number of hydrogen-bond donors (Lipinski definition) is 2. The van der Waals surface area contributed by atoms with Crippen molar-refractivity contribution in [2.75, 3.05) is 6.61 Å². The summed E-state index contributed by atoms with van der Waals surface area (Å²) >= 11 is 0. The molecule has 0 fully saturated rings. The van der Waals surface area contributed by atoms with Crippen LogP contribution in [0.25, 0.3) is 10.9 Å². The number of aliphatic hydroxyl groups is 2. The molecule has 1 atom stereocenters. The van der Waals surface area contributed by atoms with Gasteiger partial charge in [-0.25, -0.2) is 0 Å². The summed E-state index contributed by atoms with van der Waals surface area (Å²) in [6.07, 6.45) is 3.58. The van der Waals surface area contributed by atoms with Gasteiger partial charge in [0.25, 0.3) is 0 Å². The molecule has 2 aromatic rings. The van der Waals surface area contributed by atoms with E-state index in [1.54, 1.807) is 0 Å². The summed E-state index contributed by atoms with van der Waals surface area (Å²) in [5.41, 5.74) is 2.00. The number of para-hydroxylation sites is 1. The first-order valence-electron chi connectivity index (χ1n) is 7.13. The second-order valence-electron chi connectivity index (χ2n) is 4.79. The van der Waals surface area contributed by atoms with Gasteiger partial charge >= 0.3 is 0 Å². The molecule has 0 aliphatic rings. The standard InChI is InChI=1S/C17H21NO2/c1-2-18-13-15(14-9-6-7-10-16(14)18)17(20)11-5-3-4-8-12-19/h6-7,9-10,13,17,19-20H,2-4,8,12H2,1H3. The molecule has 106 valence electrons. The maximum Gasteiger partial charge on any atom is 0.142 e. The van der Waals surface area contributed by atoms with E-state index in [1.165, 1.54) is 0 Å². The molecule has 0 saturated carbocycles. The highest BCUT2D eigenvalue weighted by Crippen LogP contribution is 2.26. The van der Waals surface area contributed by atoms with Gasteiger partial charge in [0.2, 0.25) is 0 Å². The van der Waals surface area contributed by atoms with Crippen molar-refractivity contribution in [3.63, 3.8) is 0 Å². The first kappa shape index (κ1) is 14.6. The Morgan fingerprint density at radius 2 is 2.05 bits per heavy atom. The third-order valence-corrected chi connectivity index (χ3v) is 3.40. The molecule has 0 saturated heterocycles. The van der Waals surface area contributed by atoms with Crippen molar-refractivity contribution in [2.24, 2.45) is 0 Å². The van der Waals surface area contributed by atoms with Crippen LogP contribution in [0.15, 0.2) is 30.5 Å². The van der Waals surface area contributed by atoms with E-state index < -0.39 is 6.10 Å². The van der Waals surface area contributed by atoms with Crippen LogP contribution in [0.1, 0.15) is 37.9 Å². The van der Waals surface area contributed by atoms with Crippen LogP contribution < -0.4 is 0 Å². The fraction of sp³-hybridized carbons (Fsp3) is 0.412. The van der Waals surface area contributed by atoms with E-state index in [0.717, 1.165) is 35.9 Å². The Morgan fingerprint density at radius 3 is 2.80 bits per heavy atom. The number of unbranched alkanes of at least 4 members (excludes halogenated alkanes) is 2. The Bertz CT molecular complexity index is 619. The first-order chi connectivity index (χ1) is 9.77. The average Bonchev–Trinajstić information content (AvgIpc) is 2.86. The van der Waals surface area contributed by atoms with Gasteiger partial charge in [0.05, 0.1) is 0 Å². The maximum atomic E-state index is 10.2. The first-order valence-corrected chi connectivity index (χ1v) is 7.13. The molecule has 3 heteroatoms. The van der Waals surface area contributed by atoms with E-state index in [1.807, 2.05) is 24.4 Å². The van der Waals surface area contributed by atoms with Crippen LogP contribution >= 0.6 is 0 Å². The molecule has 0 aliphatic heterocycles. The van der Waals surface area contributed by atoms with E-state index in [2.05, 4.69) is 29.4 Å². The molecule has 3 nitrogen and oxygen atoms in total. The number of benzene rings is 1. The molecule has 2 N–H and O–H groups in total. The number of nitrogens with zero attached hydrogens (tertiary/aromatic N) is 1. The third kappa shape index (κ3) is 3.22. The number of hydrogen-bond acceptors (Lipinski definition) is 2. The summed E-state index contributed by atoms with van der Waals surface area (Å²) in [5.74, 6) is 5.89. The van der Waals surface area contributed by atoms with Crippen LogP contribution in [0.2, 0.25) is 0 Å². The van der Waals surface area contributed by atoms with Crippen LogP contribution in [0, 0.1) is 11.8 Å². The van der Waals surface area contributed by atoms with E-state index in [0.29, 0.717) is 6.42 Å². The van der Waals surface area contributed by atoms with Crippen LogP contribution in [0.5, 0.6) is 0 Å². The van der Waals surface area contributed by atoms with E-state index >= 15 is 0 Å². The Kier molecular flexibility index (Phi) is 5.23. The number of aliphatic hydroxyl groups excluding tert-OH is 2. The van der Waals surface area contributed by atoms with E-state index in [-0.39, 0.29) is 6.61 Å². The van der Waals surface area contributed by atoms with Gasteiger partial charge in [0, 0.05) is 42.2 Å². The highest BCUT2D eigenvalue weighted by atomic mass is 16.3.